The van der Waals surface area contributed by atoms with Gasteiger partial charge in [-0.05, 0) is 39.5 Å². The smallest absolute Gasteiger partial charge is 0.212 e. The first kappa shape index (κ1) is 14.9. The summed E-state index contributed by atoms with van der Waals surface area (Å²) in [4.78, 5) is 0. The molecule has 0 aromatic heterocycles. The van der Waals surface area contributed by atoms with Gasteiger partial charge in [-0.3, -0.25) is 0 Å². The number of rotatable bonds is 3. The quantitative estimate of drug-likeness (QED) is 0.817. The summed E-state index contributed by atoms with van der Waals surface area (Å²) >= 11 is 0. The molecule has 4 heteroatoms. The Bertz CT molecular complexity index is 294. The third-order valence-electron chi connectivity index (χ3n) is 2.08. The van der Waals surface area contributed by atoms with Gasteiger partial charge in [-0.15, -0.1) is 0 Å². The lowest BCUT2D eigenvalue weighted by atomic mass is 9.89. The minimum atomic E-state index is -3.22. The highest BCUT2D eigenvalue weighted by Gasteiger charge is 2.30. The summed E-state index contributed by atoms with van der Waals surface area (Å²) < 4.78 is 25.7. The van der Waals surface area contributed by atoms with Crippen LogP contribution in [0.15, 0.2) is 0 Å². The zero-order chi connectivity index (χ0) is 12.5. The molecule has 0 unspecified atom stereocenters. The first-order valence-corrected chi connectivity index (χ1v) is 6.85. The zero-order valence-corrected chi connectivity index (χ0v) is 11.8. The van der Waals surface area contributed by atoms with Crippen LogP contribution in [0.4, 0.5) is 0 Å². The van der Waals surface area contributed by atoms with Crippen LogP contribution in [0.2, 0.25) is 0 Å². The fourth-order valence-corrected chi connectivity index (χ4v) is 2.37. The van der Waals surface area contributed by atoms with Crippen molar-refractivity contribution in [1.29, 1.82) is 0 Å². The van der Waals surface area contributed by atoms with Gasteiger partial charge in [0.25, 0.3) is 0 Å². The minimum absolute atomic E-state index is 0.0192. The SMILES string of the molecule is C[C@H](CC(C)(C)C)NS(=O)(=O)C(C)(C)C. The van der Waals surface area contributed by atoms with E-state index in [4.69, 9.17) is 0 Å². The molecule has 0 amide bonds. The van der Waals surface area contributed by atoms with Gasteiger partial charge in [0.15, 0.2) is 0 Å². The highest BCUT2D eigenvalue weighted by molar-refractivity contribution is 7.90. The van der Waals surface area contributed by atoms with Crippen LogP contribution >= 0.6 is 0 Å². The third-order valence-corrected chi connectivity index (χ3v) is 4.41. The van der Waals surface area contributed by atoms with Crippen LogP contribution in [-0.2, 0) is 10.0 Å². The Morgan fingerprint density at radius 2 is 1.47 bits per heavy atom. The average molecular weight is 235 g/mol. The first-order valence-electron chi connectivity index (χ1n) is 5.37. The molecule has 15 heavy (non-hydrogen) atoms. The molecular weight excluding hydrogens is 210 g/mol. The molecule has 0 aliphatic carbocycles. The molecule has 0 rings (SSSR count). The predicted molar refractivity (Wildman–Crippen MR) is 65.3 cm³/mol. The summed E-state index contributed by atoms with van der Waals surface area (Å²) in [5.74, 6) is 0. The maximum absolute atomic E-state index is 11.8. The molecule has 0 fully saturated rings. The van der Waals surface area contributed by atoms with E-state index in [-0.39, 0.29) is 11.5 Å². The van der Waals surface area contributed by atoms with E-state index in [2.05, 4.69) is 25.5 Å². The van der Waals surface area contributed by atoms with Gasteiger partial charge >= 0.3 is 0 Å². The Morgan fingerprint density at radius 1 is 1.07 bits per heavy atom. The van der Waals surface area contributed by atoms with E-state index in [0.29, 0.717) is 0 Å². The monoisotopic (exact) mass is 235 g/mol. The molecule has 0 aromatic carbocycles. The third kappa shape index (κ3) is 5.52. The van der Waals surface area contributed by atoms with Gasteiger partial charge in [0.1, 0.15) is 0 Å². The molecule has 0 saturated carbocycles. The molecule has 1 N–H and O–H groups in total. The molecule has 0 heterocycles. The Kier molecular flexibility index (Phi) is 4.39. The Labute approximate surface area is 94.7 Å². The van der Waals surface area contributed by atoms with E-state index >= 15 is 0 Å². The number of sulfonamides is 1. The van der Waals surface area contributed by atoms with Gasteiger partial charge in [-0.25, -0.2) is 13.1 Å². The summed E-state index contributed by atoms with van der Waals surface area (Å²) in [6.45, 7) is 13.4. The predicted octanol–water partition coefficient (Wildman–Crippen LogP) is 2.53. The van der Waals surface area contributed by atoms with E-state index in [1.165, 1.54) is 0 Å². The van der Waals surface area contributed by atoms with E-state index in [1.54, 1.807) is 20.8 Å². The number of hydrogen-bond acceptors (Lipinski definition) is 2. The van der Waals surface area contributed by atoms with Crippen LogP contribution < -0.4 is 4.72 Å². The second-order valence-corrected chi connectivity index (χ2v) is 8.87. The molecule has 0 bridgehead atoms. The van der Waals surface area contributed by atoms with Gasteiger partial charge in [0.05, 0.1) is 4.75 Å². The largest absolute Gasteiger partial charge is 0.216 e. The number of hydrogen-bond donors (Lipinski definition) is 1. The van der Waals surface area contributed by atoms with Crippen molar-refractivity contribution in [1.82, 2.24) is 4.72 Å². The van der Waals surface area contributed by atoms with Gasteiger partial charge in [-0.1, -0.05) is 20.8 Å². The van der Waals surface area contributed by atoms with Crippen LogP contribution in [0.25, 0.3) is 0 Å². The molecule has 1 atom stereocenters. The van der Waals surface area contributed by atoms with E-state index in [1.807, 2.05) is 6.92 Å². The van der Waals surface area contributed by atoms with Crippen LogP contribution in [-0.4, -0.2) is 19.2 Å². The van der Waals surface area contributed by atoms with Crippen molar-refractivity contribution in [2.24, 2.45) is 5.41 Å². The van der Waals surface area contributed by atoms with E-state index < -0.39 is 14.8 Å². The Balaban J connectivity index is 4.51. The van der Waals surface area contributed by atoms with Crippen molar-refractivity contribution in [2.75, 3.05) is 0 Å². The Hall–Kier alpha value is -0.0900. The lowest BCUT2D eigenvalue weighted by molar-refractivity contribution is 0.336. The molecule has 3 nitrogen and oxygen atoms in total. The molecular formula is C11H25NO2S. The summed E-state index contributed by atoms with van der Waals surface area (Å²) in [5, 5.41) is 0. The van der Waals surface area contributed by atoms with Crippen molar-refractivity contribution in [2.45, 2.75) is 65.7 Å². The van der Waals surface area contributed by atoms with Crippen LogP contribution in [0.3, 0.4) is 0 Å². The topological polar surface area (TPSA) is 46.2 Å². The number of nitrogens with one attached hydrogen (secondary N) is 1. The van der Waals surface area contributed by atoms with Crippen molar-refractivity contribution >= 4 is 10.0 Å². The fraction of sp³-hybridized carbons (Fsp3) is 1.00. The van der Waals surface area contributed by atoms with Gasteiger partial charge in [0, 0.05) is 6.04 Å². The molecule has 0 aliphatic rings. The van der Waals surface area contributed by atoms with Gasteiger partial charge < -0.3 is 0 Å². The summed E-state index contributed by atoms with van der Waals surface area (Å²) in [7, 11) is -3.22. The zero-order valence-electron chi connectivity index (χ0n) is 11.0. The first-order chi connectivity index (χ1) is 6.35. The average Bonchev–Trinajstić information content (AvgIpc) is 1.75. The summed E-state index contributed by atoms with van der Waals surface area (Å²) in [6, 6.07) is -0.0192. The summed E-state index contributed by atoms with van der Waals surface area (Å²) in [6.07, 6.45) is 0.836. The maximum Gasteiger partial charge on any atom is 0.216 e. The van der Waals surface area contributed by atoms with Crippen LogP contribution in [0.5, 0.6) is 0 Å². The fourth-order valence-electron chi connectivity index (χ4n) is 1.40. The van der Waals surface area contributed by atoms with Crippen molar-refractivity contribution in [3.8, 4) is 0 Å². The van der Waals surface area contributed by atoms with Crippen molar-refractivity contribution < 1.29 is 8.42 Å². The van der Waals surface area contributed by atoms with Gasteiger partial charge in [-0.2, -0.15) is 0 Å². The molecule has 0 aliphatic heterocycles. The normalized spacial score (nSPS) is 16.5. The van der Waals surface area contributed by atoms with Gasteiger partial charge in [0.2, 0.25) is 10.0 Å². The van der Waals surface area contributed by atoms with E-state index in [0.717, 1.165) is 6.42 Å². The lowest BCUT2D eigenvalue weighted by Crippen LogP contribution is -2.44. The second kappa shape index (κ2) is 4.42. The van der Waals surface area contributed by atoms with E-state index in [9.17, 15) is 8.42 Å². The standard InChI is InChI=1S/C11H25NO2S/c1-9(8-10(2,3)4)12-15(13,14)11(5,6)7/h9,12H,8H2,1-7H3/t9-/m1/s1. The van der Waals surface area contributed by atoms with Crippen LogP contribution in [0, 0.1) is 5.41 Å². The highest BCUT2D eigenvalue weighted by atomic mass is 32.2. The molecule has 0 radical (unpaired) electrons. The highest BCUT2D eigenvalue weighted by Crippen LogP contribution is 2.22. The maximum atomic E-state index is 11.8. The van der Waals surface area contributed by atoms with Crippen molar-refractivity contribution in [3.05, 3.63) is 0 Å². The van der Waals surface area contributed by atoms with Crippen molar-refractivity contribution in [3.63, 3.8) is 0 Å². The molecule has 0 saturated heterocycles. The molecule has 92 valence electrons. The van der Waals surface area contributed by atoms with Crippen LogP contribution in [0.1, 0.15) is 54.9 Å². The minimum Gasteiger partial charge on any atom is -0.212 e. The Morgan fingerprint density at radius 3 is 1.73 bits per heavy atom. The molecule has 0 aromatic rings. The second-order valence-electron chi connectivity index (χ2n) is 6.40. The summed E-state index contributed by atoms with van der Waals surface area (Å²) in [5.41, 5.74) is 0.139. The molecule has 0 spiro atoms. The lowest BCUT2D eigenvalue weighted by Gasteiger charge is -2.27.